The normalized spacial score (nSPS) is 10.4. The summed E-state index contributed by atoms with van der Waals surface area (Å²) in [5.41, 5.74) is 2.50. The van der Waals surface area contributed by atoms with Crippen molar-refractivity contribution in [2.45, 2.75) is 13.5 Å². The lowest BCUT2D eigenvalue weighted by Gasteiger charge is -2.00. The second kappa shape index (κ2) is 3.92. The Hall–Kier alpha value is -1.16. The van der Waals surface area contributed by atoms with Gasteiger partial charge in [0.05, 0.1) is 12.7 Å². The lowest BCUT2D eigenvalue weighted by Crippen LogP contribution is -2.00. The maximum absolute atomic E-state index is 3.95. The summed E-state index contributed by atoms with van der Waals surface area (Å²) in [6, 6.07) is 8.40. The highest BCUT2D eigenvalue weighted by atomic mass is 79.9. The molecular formula is C10H10BrN3. The molecule has 0 atom stereocenters. The summed E-state index contributed by atoms with van der Waals surface area (Å²) < 4.78 is 2.57. The number of aryl methyl sites for hydroxylation is 1. The van der Waals surface area contributed by atoms with Crippen LogP contribution >= 0.6 is 15.9 Å². The molecule has 0 saturated heterocycles. The van der Waals surface area contributed by atoms with Gasteiger partial charge in [-0.3, -0.25) is 0 Å². The first kappa shape index (κ1) is 9.40. The molecule has 0 fully saturated rings. The lowest BCUT2D eigenvalue weighted by atomic mass is 10.1. The zero-order chi connectivity index (χ0) is 9.97. The Balaban J connectivity index is 2.15. The Morgan fingerprint density at radius 3 is 2.57 bits per heavy atom. The molecule has 1 aromatic heterocycles. The van der Waals surface area contributed by atoms with Gasteiger partial charge in [0, 0.05) is 0 Å². The zero-order valence-electron chi connectivity index (χ0n) is 7.81. The molecule has 3 nitrogen and oxygen atoms in total. The number of rotatable bonds is 2. The second-order valence-corrected chi connectivity index (χ2v) is 4.04. The molecule has 0 radical (unpaired) electrons. The van der Waals surface area contributed by atoms with Gasteiger partial charge in [0.2, 0.25) is 0 Å². The summed E-state index contributed by atoms with van der Waals surface area (Å²) in [6.07, 6.45) is 1.86. The molecular weight excluding hydrogens is 242 g/mol. The van der Waals surface area contributed by atoms with Crippen molar-refractivity contribution in [2.75, 3.05) is 0 Å². The maximum atomic E-state index is 3.95. The predicted molar refractivity (Wildman–Crippen MR) is 58.0 cm³/mol. The highest BCUT2D eigenvalue weighted by Crippen LogP contribution is 2.07. The second-order valence-electron chi connectivity index (χ2n) is 3.22. The van der Waals surface area contributed by atoms with Crippen LogP contribution < -0.4 is 0 Å². The Bertz CT molecular complexity index is 419. The lowest BCUT2D eigenvalue weighted by molar-refractivity contribution is 0.649. The molecule has 0 N–H and O–H groups in total. The molecule has 2 rings (SSSR count). The fourth-order valence-corrected chi connectivity index (χ4v) is 1.54. The molecule has 4 heteroatoms. The average molecular weight is 252 g/mol. The van der Waals surface area contributed by atoms with Gasteiger partial charge in [-0.2, -0.15) is 0 Å². The van der Waals surface area contributed by atoms with E-state index in [0.29, 0.717) is 0 Å². The van der Waals surface area contributed by atoms with E-state index < -0.39 is 0 Å². The first-order valence-corrected chi connectivity index (χ1v) is 5.14. The third-order valence-electron chi connectivity index (χ3n) is 1.98. The highest BCUT2D eigenvalue weighted by Gasteiger charge is 1.97. The van der Waals surface area contributed by atoms with Gasteiger partial charge in [-0.15, -0.1) is 5.10 Å². The van der Waals surface area contributed by atoms with Crippen LogP contribution in [0.15, 0.2) is 35.1 Å². The summed E-state index contributed by atoms with van der Waals surface area (Å²) in [5, 5.41) is 7.81. The standard InChI is InChI=1S/C10H10BrN3/c1-8-2-4-9(5-3-8)6-14-7-10(11)12-13-14/h2-5,7H,6H2,1H3. The van der Waals surface area contributed by atoms with Crippen molar-refractivity contribution in [3.05, 3.63) is 46.2 Å². The van der Waals surface area contributed by atoms with Gasteiger partial charge in [0.15, 0.2) is 0 Å². The van der Waals surface area contributed by atoms with E-state index in [1.165, 1.54) is 11.1 Å². The number of hydrogen-bond acceptors (Lipinski definition) is 2. The van der Waals surface area contributed by atoms with Crippen LogP contribution in [0.1, 0.15) is 11.1 Å². The maximum Gasteiger partial charge on any atom is 0.148 e. The van der Waals surface area contributed by atoms with E-state index in [-0.39, 0.29) is 0 Å². The third kappa shape index (κ3) is 2.20. The Kier molecular flexibility index (Phi) is 2.63. The summed E-state index contributed by atoms with van der Waals surface area (Å²) in [6.45, 7) is 2.84. The quantitative estimate of drug-likeness (QED) is 0.821. The first-order valence-electron chi connectivity index (χ1n) is 4.35. The SMILES string of the molecule is Cc1ccc(Cn2cc(Br)nn2)cc1. The molecule has 0 unspecified atom stereocenters. The molecule has 0 aliphatic carbocycles. The number of hydrogen-bond donors (Lipinski definition) is 0. The third-order valence-corrected chi connectivity index (χ3v) is 2.34. The summed E-state index contributed by atoms with van der Waals surface area (Å²) in [7, 11) is 0. The predicted octanol–water partition coefficient (Wildman–Crippen LogP) is 2.40. The van der Waals surface area contributed by atoms with Gasteiger partial charge in [-0.05, 0) is 28.4 Å². The summed E-state index contributed by atoms with van der Waals surface area (Å²) in [5.74, 6) is 0. The van der Waals surface area contributed by atoms with Gasteiger partial charge in [-0.25, -0.2) is 4.68 Å². The largest absolute Gasteiger partial charge is 0.247 e. The van der Waals surface area contributed by atoms with Crippen LogP contribution in [-0.4, -0.2) is 15.0 Å². The van der Waals surface area contributed by atoms with Crippen LogP contribution in [0.5, 0.6) is 0 Å². The van der Waals surface area contributed by atoms with Crippen LogP contribution in [0.3, 0.4) is 0 Å². The van der Waals surface area contributed by atoms with E-state index in [1.54, 1.807) is 4.68 Å². The molecule has 2 aromatic rings. The van der Waals surface area contributed by atoms with Gasteiger partial charge in [0.25, 0.3) is 0 Å². The van der Waals surface area contributed by atoms with E-state index >= 15 is 0 Å². The van der Waals surface area contributed by atoms with Crippen LogP contribution in [0.25, 0.3) is 0 Å². The van der Waals surface area contributed by atoms with Crippen molar-refractivity contribution in [2.24, 2.45) is 0 Å². The number of benzene rings is 1. The molecule has 0 spiro atoms. The van der Waals surface area contributed by atoms with Gasteiger partial charge < -0.3 is 0 Å². The Labute approximate surface area is 90.9 Å². The summed E-state index contributed by atoms with van der Waals surface area (Å²) in [4.78, 5) is 0. The van der Waals surface area contributed by atoms with Crippen LogP contribution in [0, 0.1) is 6.92 Å². The smallest absolute Gasteiger partial charge is 0.148 e. The monoisotopic (exact) mass is 251 g/mol. The highest BCUT2D eigenvalue weighted by molar-refractivity contribution is 9.10. The van der Waals surface area contributed by atoms with Crippen molar-refractivity contribution in [1.29, 1.82) is 0 Å². The molecule has 0 saturated carbocycles. The van der Waals surface area contributed by atoms with Gasteiger partial charge in [-0.1, -0.05) is 35.0 Å². The molecule has 1 heterocycles. The van der Waals surface area contributed by atoms with Crippen molar-refractivity contribution >= 4 is 15.9 Å². The summed E-state index contributed by atoms with van der Waals surface area (Å²) >= 11 is 3.26. The van der Waals surface area contributed by atoms with Crippen molar-refractivity contribution in [1.82, 2.24) is 15.0 Å². The minimum atomic E-state index is 0.763. The van der Waals surface area contributed by atoms with Crippen LogP contribution in [0.2, 0.25) is 0 Å². The minimum Gasteiger partial charge on any atom is -0.247 e. The molecule has 14 heavy (non-hydrogen) atoms. The average Bonchev–Trinajstić information content (AvgIpc) is 2.56. The first-order chi connectivity index (χ1) is 6.74. The van der Waals surface area contributed by atoms with E-state index in [1.807, 2.05) is 6.20 Å². The van der Waals surface area contributed by atoms with E-state index in [9.17, 15) is 0 Å². The topological polar surface area (TPSA) is 30.7 Å². The fourth-order valence-electron chi connectivity index (χ4n) is 1.23. The molecule has 0 aliphatic rings. The fraction of sp³-hybridized carbons (Fsp3) is 0.200. The van der Waals surface area contributed by atoms with Crippen LogP contribution in [0.4, 0.5) is 0 Å². The van der Waals surface area contributed by atoms with Gasteiger partial charge in [0.1, 0.15) is 4.60 Å². The van der Waals surface area contributed by atoms with Crippen molar-refractivity contribution in [3.8, 4) is 0 Å². The zero-order valence-corrected chi connectivity index (χ0v) is 9.40. The van der Waals surface area contributed by atoms with Crippen LogP contribution in [-0.2, 0) is 6.54 Å². The van der Waals surface area contributed by atoms with E-state index in [0.717, 1.165) is 11.1 Å². The van der Waals surface area contributed by atoms with Crippen molar-refractivity contribution in [3.63, 3.8) is 0 Å². The number of aromatic nitrogens is 3. The number of halogens is 1. The molecule has 0 aliphatic heterocycles. The Morgan fingerprint density at radius 2 is 2.00 bits per heavy atom. The van der Waals surface area contributed by atoms with Gasteiger partial charge >= 0.3 is 0 Å². The Morgan fingerprint density at radius 1 is 1.29 bits per heavy atom. The van der Waals surface area contributed by atoms with E-state index in [4.69, 9.17) is 0 Å². The number of nitrogens with zero attached hydrogens (tertiary/aromatic N) is 3. The molecule has 0 amide bonds. The van der Waals surface area contributed by atoms with E-state index in [2.05, 4.69) is 57.4 Å². The molecule has 1 aromatic carbocycles. The molecule has 0 bridgehead atoms. The molecule has 72 valence electrons. The van der Waals surface area contributed by atoms with Crippen molar-refractivity contribution < 1.29 is 0 Å². The minimum absolute atomic E-state index is 0.763.